The predicted octanol–water partition coefficient (Wildman–Crippen LogP) is 4.09. The topological polar surface area (TPSA) is 41.9 Å². The third kappa shape index (κ3) is 3.28. The molecule has 5 heteroatoms. The Kier molecular flexibility index (Phi) is 4.11. The molecule has 1 amide bonds. The molecule has 22 heavy (non-hydrogen) atoms. The van der Waals surface area contributed by atoms with Gasteiger partial charge in [0.05, 0.1) is 5.71 Å². The Hall–Kier alpha value is -2.33. The molecule has 2 aromatic rings. The minimum absolute atomic E-state index is 0.0476. The molecular formula is C17H15ClN2O2. The molecule has 2 aromatic carbocycles. The molecule has 1 aliphatic rings. The maximum absolute atomic E-state index is 11.4. The van der Waals surface area contributed by atoms with Crippen LogP contribution in [0.3, 0.4) is 0 Å². The van der Waals surface area contributed by atoms with Gasteiger partial charge in [-0.2, -0.15) is 5.10 Å². The van der Waals surface area contributed by atoms with E-state index in [1.807, 2.05) is 36.4 Å². The lowest BCUT2D eigenvalue weighted by Crippen LogP contribution is -2.28. The summed E-state index contributed by atoms with van der Waals surface area (Å²) in [5.74, 6) is 1.52. The Morgan fingerprint density at radius 2 is 1.59 bits per heavy atom. The molecule has 0 aromatic heterocycles. The summed E-state index contributed by atoms with van der Waals surface area (Å²) in [5, 5.41) is 6.38. The number of ether oxygens (including phenoxy) is 1. The summed E-state index contributed by atoms with van der Waals surface area (Å²) in [5.41, 5.74) is 1.92. The van der Waals surface area contributed by atoms with Crippen LogP contribution in [0.25, 0.3) is 0 Å². The van der Waals surface area contributed by atoms with Crippen LogP contribution in [0.15, 0.2) is 53.6 Å². The second-order valence-electron chi connectivity index (χ2n) is 5.04. The van der Waals surface area contributed by atoms with E-state index in [-0.39, 0.29) is 5.91 Å². The predicted molar refractivity (Wildman–Crippen MR) is 86.5 cm³/mol. The van der Waals surface area contributed by atoms with Crippen molar-refractivity contribution in [1.82, 2.24) is 5.01 Å². The van der Waals surface area contributed by atoms with Gasteiger partial charge in [-0.3, -0.25) is 4.79 Å². The van der Waals surface area contributed by atoms with Gasteiger partial charge >= 0.3 is 0 Å². The smallest absolute Gasteiger partial charge is 0.242 e. The van der Waals surface area contributed by atoms with Crippen LogP contribution in [-0.4, -0.2) is 23.7 Å². The summed E-state index contributed by atoms with van der Waals surface area (Å²) in [7, 11) is 1.68. The lowest BCUT2D eigenvalue weighted by Gasteiger charge is -2.19. The Labute approximate surface area is 134 Å². The molecular weight excluding hydrogens is 300 g/mol. The number of amides is 1. The molecule has 3 rings (SSSR count). The molecule has 0 bridgehead atoms. The molecule has 0 spiro atoms. The van der Waals surface area contributed by atoms with Gasteiger partial charge in [-0.25, -0.2) is 5.01 Å². The average molecular weight is 315 g/mol. The number of hydrogen-bond acceptors (Lipinski definition) is 3. The van der Waals surface area contributed by atoms with Crippen molar-refractivity contribution in [1.29, 1.82) is 0 Å². The van der Waals surface area contributed by atoms with E-state index in [9.17, 15) is 4.79 Å². The van der Waals surface area contributed by atoms with Gasteiger partial charge < -0.3 is 4.74 Å². The summed E-state index contributed by atoms with van der Waals surface area (Å²) in [4.78, 5) is 11.4. The third-order valence-electron chi connectivity index (χ3n) is 3.44. The van der Waals surface area contributed by atoms with E-state index in [4.69, 9.17) is 16.3 Å². The van der Waals surface area contributed by atoms with Crippen LogP contribution in [0.4, 0.5) is 0 Å². The van der Waals surface area contributed by atoms with E-state index in [0.717, 1.165) is 22.8 Å². The van der Waals surface area contributed by atoms with Crippen molar-refractivity contribution in [2.75, 3.05) is 7.05 Å². The van der Waals surface area contributed by atoms with Crippen molar-refractivity contribution in [3.8, 4) is 11.5 Å². The molecule has 1 aliphatic heterocycles. The molecule has 0 N–H and O–H groups in total. The molecule has 0 aliphatic carbocycles. The Morgan fingerprint density at radius 3 is 2.18 bits per heavy atom. The quantitative estimate of drug-likeness (QED) is 0.856. The zero-order valence-electron chi connectivity index (χ0n) is 12.1. The number of carbonyl (C=O) groups excluding carboxylic acids is 1. The summed E-state index contributed by atoms with van der Waals surface area (Å²) < 4.78 is 5.75. The van der Waals surface area contributed by atoms with Crippen molar-refractivity contribution < 1.29 is 9.53 Å². The van der Waals surface area contributed by atoms with Crippen LogP contribution in [0.5, 0.6) is 11.5 Å². The number of hydrazone groups is 1. The minimum Gasteiger partial charge on any atom is -0.457 e. The van der Waals surface area contributed by atoms with Crippen LogP contribution in [0.2, 0.25) is 5.02 Å². The first-order chi connectivity index (χ1) is 10.6. The van der Waals surface area contributed by atoms with Gasteiger partial charge in [0, 0.05) is 24.9 Å². The molecule has 0 atom stereocenters. The lowest BCUT2D eigenvalue weighted by molar-refractivity contribution is -0.130. The van der Waals surface area contributed by atoms with Gasteiger partial charge in [-0.1, -0.05) is 11.6 Å². The van der Waals surface area contributed by atoms with E-state index in [1.165, 1.54) is 5.01 Å². The van der Waals surface area contributed by atoms with Crippen molar-refractivity contribution in [3.63, 3.8) is 0 Å². The fourth-order valence-electron chi connectivity index (χ4n) is 2.23. The number of hydrogen-bond donors (Lipinski definition) is 0. The van der Waals surface area contributed by atoms with Gasteiger partial charge in [-0.05, 0) is 54.1 Å². The normalized spacial score (nSPS) is 14.7. The number of halogens is 1. The zero-order valence-corrected chi connectivity index (χ0v) is 12.9. The molecule has 0 unspecified atom stereocenters. The monoisotopic (exact) mass is 314 g/mol. The van der Waals surface area contributed by atoms with Crippen molar-refractivity contribution >= 4 is 23.2 Å². The fourth-order valence-corrected chi connectivity index (χ4v) is 2.36. The second-order valence-corrected chi connectivity index (χ2v) is 5.48. The van der Waals surface area contributed by atoms with E-state index in [0.29, 0.717) is 17.9 Å². The van der Waals surface area contributed by atoms with Gasteiger partial charge in [0.1, 0.15) is 11.5 Å². The van der Waals surface area contributed by atoms with Gasteiger partial charge in [0.15, 0.2) is 0 Å². The van der Waals surface area contributed by atoms with Crippen LogP contribution in [0.1, 0.15) is 18.4 Å². The number of nitrogens with zero attached hydrogens (tertiary/aromatic N) is 2. The third-order valence-corrected chi connectivity index (χ3v) is 3.70. The standard InChI is InChI=1S/C17H15ClN2O2/c1-20-17(21)11-10-16(19-20)12-2-6-14(7-3-12)22-15-8-4-13(18)5-9-15/h2-9H,10-11H2,1H3. The van der Waals surface area contributed by atoms with E-state index < -0.39 is 0 Å². The molecule has 112 valence electrons. The first-order valence-electron chi connectivity index (χ1n) is 7.00. The van der Waals surface area contributed by atoms with Crippen LogP contribution < -0.4 is 4.74 Å². The molecule has 0 fully saturated rings. The van der Waals surface area contributed by atoms with Crippen molar-refractivity contribution in [3.05, 3.63) is 59.1 Å². The number of rotatable bonds is 3. The largest absolute Gasteiger partial charge is 0.457 e. The highest BCUT2D eigenvalue weighted by molar-refractivity contribution is 6.30. The molecule has 0 radical (unpaired) electrons. The van der Waals surface area contributed by atoms with Crippen LogP contribution in [-0.2, 0) is 4.79 Å². The van der Waals surface area contributed by atoms with Gasteiger partial charge in [0.25, 0.3) is 0 Å². The summed E-state index contributed by atoms with van der Waals surface area (Å²) >= 11 is 5.85. The second kappa shape index (κ2) is 6.20. The van der Waals surface area contributed by atoms with E-state index in [2.05, 4.69) is 5.10 Å². The SMILES string of the molecule is CN1N=C(c2ccc(Oc3ccc(Cl)cc3)cc2)CCC1=O. The fraction of sp³-hybridized carbons (Fsp3) is 0.176. The first-order valence-corrected chi connectivity index (χ1v) is 7.37. The molecule has 4 nitrogen and oxygen atoms in total. The Balaban J connectivity index is 1.74. The molecule has 1 heterocycles. The summed E-state index contributed by atoms with van der Waals surface area (Å²) in [6.07, 6.45) is 1.17. The lowest BCUT2D eigenvalue weighted by atomic mass is 10.0. The Morgan fingerprint density at radius 1 is 1.00 bits per heavy atom. The maximum Gasteiger partial charge on any atom is 0.242 e. The summed E-state index contributed by atoms with van der Waals surface area (Å²) in [6.45, 7) is 0. The first kappa shape index (κ1) is 14.6. The minimum atomic E-state index is 0.0476. The van der Waals surface area contributed by atoms with Crippen molar-refractivity contribution in [2.45, 2.75) is 12.8 Å². The summed E-state index contributed by atoms with van der Waals surface area (Å²) in [6, 6.07) is 14.9. The number of benzene rings is 2. The highest BCUT2D eigenvalue weighted by Crippen LogP contribution is 2.24. The average Bonchev–Trinajstić information content (AvgIpc) is 2.53. The molecule has 0 saturated heterocycles. The van der Waals surface area contributed by atoms with E-state index in [1.54, 1.807) is 19.2 Å². The van der Waals surface area contributed by atoms with Gasteiger partial charge in [-0.15, -0.1) is 0 Å². The van der Waals surface area contributed by atoms with E-state index >= 15 is 0 Å². The highest BCUT2D eigenvalue weighted by atomic mass is 35.5. The molecule has 0 saturated carbocycles. The Bertz CT molecular complexity index is 708. The van der Waals surface area contributed by atoms with Crippen LogP contribution in [0, 0.1) is 0 Å². The zero-order chi connectivity index (χ0) is 15.5. The maximum atomic E-state index is 11.4. The van der Waals surface area contributed by atoms with Crippen molar-refractivity contribution in [2.24, 2.45) is 5.10 Å². The van der Waals surface area contributed by atoms with Gasteiger partial charge in [0.2, 0.25) is 5.91 Å². The number of carbonyl (C=O) groups is 1. The van der Waals surface area contributed by atoms with Crippen LogP contribution >= 0.6 is 11.6 Å². The highest BCUT2D eigenvalue weighted by Gasteiger charge is 2.17.